The second-order valence-electron chi connectivity index (χ2n) is 6.78. The lowest BCUT2D eigenvalue weighted by molar-refractivity contribution is -0.124. The van der Waals surface area contributed by atoms with Gasteiger partial charge in [-0.15, -0.1) is 0 Å². The number of nitrogens with zero attached hydrogens (tertiary/aromatic N) is 1. The van der Waals surface area contributed by atoms with Crippen molar-refractivity contribution in [2.24, 2.45) is 11.7 Å². The highest BCUT2D eigenvalue weighted by Crippen LogP contribution is 2.29. The number of carbonyl (C=O) groups excluding carboxylic acids is 1. The lowest BCUT2D eigenvalue weighted by Gasteiger charge is -2.28. The summed E-state index contributed by atoms with van der Waals surface area (Å²) in [5.74, 6) is 0.753. The molecule has 110 valence electrons. The molecule has 0 spiro atoms. The zero-order valence-corrected chi connectivity index (χ0v) is 12.5. The van der Waals surface area contributed by atoms with Crippen LogP contribution < -0.4 is 11.1 Å². The highest BCUT2D eigenvalue weighted by Gasteiger charge is 2.36. The molecule has 1 atom stereocenters. The van der Waals surface area contributed by atoms with Gasteiger partial charge in [0.25, 0.3) is 0 Å². The molecule has 0 bridgehead atoms. The quantitative estimate of drug-likeness (QED) is 0.590. The van der Waals surface area contributed by atoms with Crippen molar-refractivity contribution in [1.29, 1.82) is 0 Å². The summed E-state index contributed by atoms with van der Waals surface area (Å²) in [4.78, 5) is 14.0. The molecule has 1 amide bonds. The van der Waals surface area contributed by atoms with Gasteiger partial charge >= 0.3 is 0 Å². The van der Waals surface area contributed by atoms with E-state index in [-0.39, 0.29) is 5.91 Å². The molecule has 19 heavy (non-hydrogen) atoms. The first-order valence-corrected chi connectivity index (χ1v) is 7.76. The van der Waals surface area contributed by atoms with Crippen molar-refractivity contribution in [1.82, 2.24) is 10.2 Å². The van der Waals surface area contributed by atoms with Crippen LogP contribution in [0.4, 0.5) is 0 Å². The lowest BCUT2D eigenvalue weighted by Crippen LogP contribution is -2.54. The second kappa shape index (κ2) is 6.23. The van der Waals surface area contributed by atoms with Crippen molar-refractivity contribution < 1.29 is 4.79 Å². The van der Waals surface area contributed by atoms with Crippen LogP contribution in [0.5, 0.6) is 0 Å². The van der Waals surface area contributed by atoms with Gasteiger partial charge in [-0.05, 0) is 71.4 Å². The normalized spacial score (nSPS) is 22.5. The Morgan fingerprint density at radius 2 is 2.00 bits per heavy atom. The smallest absolute Gasteiger partial charge is 0.237 e. The van der Waals surface area contributed by atoms with E-state index in [1.165, 1.54) is 32.2 Å². The van der Waals surface area contributed by atoms with E-state index in [0.29, 0.717) is 6.04 Å². The van der Waals surface area contributed by atoms with Gasteiger partial charge in [-0.2, -0.15) is 0 Å². The fraction of sp³-hybridized carbons (Fsp3) is 0.933. The van der Waals surface area contributed by atoms with E-state index in [4.69, 9.17) is 5.73 Å². The van der Waals surface area contributed by atoms with Crippen molar-refractivity contribution in [2.75, 3.05) is 20.1 Å². The van der Waals surface area contributed by atoms with E-state index < -0.39 is 5.54 Å². The van der Waals surface area contributed by atoms with Crippen molar-refractivity contribution in [2.45, 2.75) is 63.5 Å². The van der Waals surface area contributed by atoms with Gasteiger partial charge in [-0.1, -0.05) is 0 Å². The molecule has 2 saturated carbocycles. The van der Waals surface area contributed by atoms with Crippen molar-refractivity contribution in [3.05, 3.63) is 0 Å². The van der Waals surface area contributed by atoms with Gasteiger partial charge in [-0.25, -0.2) is 0 Å². The first-order valence-electron chi connectivity index (χ1n) is 7.76. The fourth-order valence-electron chi connectivity index (χ4n) is 2.64. The molecule has 0 aromatic carbocycles. The Kier molecular flexibility index (Phi) is 4.85. The molecule has 0 aromatic heterocycles. The maximum atomic E-state index is 11.6. The Morgan fingerprint density at radius 1 is 1.32 bits per heavy atom. The predicted molar refractivity (Wildman–Crippen MR) is 77.8 cm³/mol. The van der Waals surface area contributed by atoms with Gasteiger partial charge in [-0.3, -0.25) is 4.79 Å². The average Bonchev–Trinajstić information content (AvgIpc) is 3.21. The molecule has 2 aliphatic carbocycles. The zero-order chi connectivity index (χ0) is 13.9. The van der Waals surface area contributed by atoms with E-state index in [1.54, 1.807) is 0 Å². The molecule has 0 aliphatic heterocycles. The second-order valence-corrected chi connectivity index (χ2v) is 6.78. The third-order valence-corrected chi connectivity index (χ3v) is 4.38. The SMILES string of the molecule is CN(CCCCC(C)(NC1CC1)C(N)=O)CC1CC1. The lowest BCUT2D eigenvalue weighted by atomic mass is 9.93. The van der Waals surface area contributed by atoms with Crippen LogP contribution in [0, 0.1) is 5.92 Å². The number of hydrogen-bond acceptors (Lipinski definition) is 3. The molecule has 2 aliphatic rings. The minimum absolute atomic E-state index is 0.203. The molecule has 0 saturated heterocycles. The topological polar surface area (TPSA) is 58.4 Å². The van der Waals surface area contributed by atoms with Crippen LogP contribution in [-0.2, 0) is 4.79 Å². The van der Waals surface area contributed by atoms with E-state index in [1.807, 2.05) is 6.92 Å². The van der Waals surface area contributed by atoms with Crippen molar-refractivity contribution >= 4 is 5.91 Å². The first-order chi connectivity index (χ1) is 8.99. The average molecular weight is 267 g/mol. The molecule has 4 heteroatoms. The van der Waals surface area contributed by atoms with E-state index >= 15 is 0 Å². The summed E-state index contributed by atoms with van der Waals surface area (Å²) in [5, 5.41) is 3.41. The molecule has 3 N–H and O–H groups in total. The summed E-state index contributed by atoms with van der Waals surface area (Å²) in [7, 11) is 2.20. The Bertz CT molecular complexity index is 313. The van der Waals surface area contributed by atoms with Crippen LogP contribution in [0.1, 0.15) is 51.9 Å². The van der Waals surface area contributed by atoms with Gasteiger partial charge < -0.3 is 16.0 Å². The number of carbonyl (C=O) groups is 1. The van der Waals surface area contributed by atoms with Gasteiger partial charge in [0.05, 0.1) is 5.54 Å². The zero-order valence-electron chi connectivity index (χ0n) is 12.5. The van der Waals surface area contributed by atoms with Gasteiger partial charge in [0.2, 0.25) is 5.91 Å². The van der Waals surface area contributed by atoms with Gasteiger partial charge in [0.15, 0.2) is 0 Å². The Morgan fingerprint density at radius 3 is 2.53 bits per heavy atom. The maximum Gasteiger partial charge on any atom is 0.237 e. The third-order valence-electron chi connectivity index (χ3n) is 4.38. The summed E-state index contributed by atoms with van der Waals surface area (Å²) >= 11 is 0. The number of nitrogens with two attached hydrogens (primary N) is 1. The fourth-order valence-corrected chi connectivity index (χ4v) is 2.64. The molecular formula is C15H29N3O. The summed E-state index contributed by atoms with van der Waals surface area (Å²) in [6.45, 7) is 4.34. The molecule has 2 rings (SSSR count). The Balaban J connectivity index is 1.62. The number of unbranched alkanes of at least 4 members (excludes halogenated alkanes) is 1. The van der Waals surface area contributed by atoms with E-state index in [9.17, 15) is 4.79 Å². The first kappa shape index (κ1) is 14.8. The van der Waals surface area contributed by atoms with E-state index in [2.05, 4.69) is 17.3 Å². The number of primary amides is 1. The van der Waals surface area contributed by atoms with Gasteiger partial charge in [0.1, 0.15) is 0 Å². The molecule has 1 unspecified atom stereocenters. The largest absolute Gasteiger partial charge is 0.368 e. The number of nitrogens with one attached hydrogen (secondary N) is 1. The molecular weight excluding hydrogens is 238 g/mol. The summed E-state index contributed by atoms with van der Waals surface area (Å²) in [6, 6.07) is 0.523. The Hall–Kier alpha value is -0.610. The molecule has 0 heterocycles. The number of amides is 1. The van der Waals surface area contributed by atoms with Crippen LogP contribution in [0.3, 0.4) is 0 Å². The van der Waals surface area contributed by atoms with Gasteiger partial charge in [0, 0.05) is 12.6 Å². The number of rotatable bonds is 10. The summed E-state index contributed by atoms with van der Waals surface area (Å²) in [5.41, 5.74) is 5.05. The predicted octanol–water partition coefficient (Wildman–Crippen LogP) is 1.49. The highest BCUT2D eigenvalue weighted by atomic mass is 16.1. The minimum Gasteiger partial charge on any atom is -0.368 e. The summed E-state index contributed by atoms with van der Waals surface area (Å²) < 4.78 is 0. The van der Waals surface area contributed by atoms with Crippen LogP contribution in [0.15, 0.2) is 0 Å². The summed E-state index contributed by atoms with van der Waals surface area (Å²) in [6.07, 6.45) is 8.27. The molecule has 0 aromatic rings. The molecule has 4 nitrogen and oxygen atoms in total. The molecule has 2 fully saturated rings. The highest BCUT2D eigenvalue weighted by molar-refractivity contribution is 5.84. The van der Waals surface area contributed by atoms with Crippen LogP contribution in [0.25, 0.3) is 0 Å². The standard InChI is InChI=1S/C15H29N3O/c1-15(14(16)19,17-13-7-8-13)9-3-4-10-18(2)11-12-5-6-12/h12-13,17H,3-11H2,1-2H3,(H2,16,19). The van der Waals surface area contributed by atoms with Crippen LogP contribution in [0.2, 0.25) is 0 Å². The van der Waals surface area contributed by atoms with E-state index in [0.717, 1.165) is 31.7 Å². The Labute approximate surface area is 117 Å². The minimum atomic E-state index is -0.504. The third kappa shape index (κ3) is 5.11. The van der Waals surface area contributed by atoms with Crippen molar-refractivity contribution in [3.63, 3.8) is 0 Å². The number of hydrogen-bond donors (Lipinski definition) is 2. The van der Waals surface area contributed by atoms with Crippen LogP contribution in [-0.4, -0.2) is 42.5 Å². The van der Waals surface area contributed by atoms with Crippen molar-refractivity contribution in [3.8, 4) is 0 Å². The monoisotopic (exact) mass is 267 g/mol. The molecule has 0 radical (unpaired) electrons. The van der Waals surface area contributed by atoms with Crippen LogP contribution >= 0.6 is 0 Å². The maximum absolute atomic E-state index is 11.6.